The Morgan fingerprint density at radius 3 is 2.44 bits per heavy atom. The predicted molar refractivity (Wildman–Crippen MR) is 143 cm³/mol. The van der Waals surface area contributed by atoms with Gasteiger partial charge in [-0.2, -0.15) is 5.10 Å². The fraction of sp³-hybridized carbons (Fsp3) is 0.0769. The van der Waals surface area contributed by atoms with E-state index in [9.17, 15) is 4.79 Å². The second-order valence-electron chi connectivity index (χ2n) is 7.64. The molecule has 5 rings (SSSR count). The van der Waals surface area contributed by atoms with Crippen molar-refractivity contribution in [3.63, 3.8) is 0 Å². The number of fused-ring (bicyclic) bond motifs is 2. The number of benzene rings is 4. The van der Waals surface area contributed by atoms with Crippen LogP contribution in [0.25, 0.3) is 21.5 Å². The van der Waals surface area contributed by atoms with Crippen LogP contribution in [0.2, 0.25) is 10.0 Å². The van der Waals surface area contributed by atoms with E-state index >= 15 is 0 Å². The van der Waals surface area contributed by atoms with Crippen molar-refractivity contribution < 1.29 is 13.9 Å². The molecule has 0 aliphatic heterocycles. The van der Waals surface area contributed by atoms with E-state index in [0.29, 0.717) is 15.8 Å². The summed E-state index contributed by atoms with van der Waals surface area (Å²) in [5, 5.41) is 17.5. The minimum Gasteiger partial charge on any atom is -0.482 e. The first-order valence-electron chi connectivity index (χ1n) is 10.8. The molecule has 0 atom stereocenters. The van der Waals surface area contributed by atoms with Crippen LogP contribution < -0.4 is 10.2 Å². The number of hydrogen-bond acceptors (Lipinski definition) is 7. The number of carbonyl (C=O) groups excluding carboxylic acids is 1. The number of nitrogens with zero attached hydrogens (tertiary/aromatic N) is 3. The number of amides is 1. The summed E-state index contributed by atoms with van der Waals surface area (Å²) in [6, 6.07) is 23.2. The van der Waals surface area contributed by atoms with Crippen molar-refractivity contribution in [2.45, 2.75) is 11.8 Å². The molecule has 36 heavy (non-hydrogen) atoms. The molecular formula is C26H18Cl2N4O3S. The van der Waals surface area contributed by atoms with Gasteiger partial charge in [0.15, 0.2) is 6.61 Å². The second-order valence-corrected chi connectivity index (χ2v) is 9.41. The zero-order chi connectivity index (χ0) is 24.9. The van der Waals surface area contributed by atoms with Crippen molar-refractivity contribution in [3.05, 3.63) is 94.3 Å². The highest BCUT2D eigenvalue weighted by atomic mass is 35.5. The third kappa shape index (κ3) is 5.62. The molecular weight excluding hydrogens is 519 g/mol. The summed E-state index contributed by atoms with van der Waals surface area (Å²) in [5.41, 5.74) is 3.51. The van der Waals surface area contributed by atoms with Crippen LogP contribution in [0.5, 0.6) is 5.75 Å². The molecule has 10 heteroatoms. The third-order valence-corrected chi connectivity index (χ3v) is 6.56. The van der Waals surface area contributed by atoms with Crippen molar-refractivity contribution in [1.82, 2.24) is 15.6 Å². The van der Waals surface area contributed by atoms with Crippen LogP contribution in [0.15, 0.2) is 87.5 Å². The zero-order valence-corrected chi connectivity index (χ0v) is 21.0. The molecule has 0 radical (unpaired) electrons. The molecule has 1 N–H and O–H groups in total. The summed E-state index contributed by atoms with van der Waals surface area (Å²) in [6.45, 7) is 0.0321. The Kier molecular flexibility index (Phi) is 7.36. The Morgan fingerprint density at radius 1 is 1.00 bits per heavy atom. The largest absolute Gasteiger partial charge is 0.482 e. The van der Waals surface area contributed by atoms with Crippen LogP contribution in [-0.2, 0) is 11.4 Å². The SMILES string of the molecule is O=C(CSc1nnc(COc2ccc(Cl)cc2Cl)o1)N/N=C\c1c2ccccc2cc2ccccc12. The Balaban J connectivity index is 1.18. The number of hydrazone groups is 1. The maximum absolute atomic E-state index is 12.3. The molecule has 0 aliphatic rings. The van der Waals surface area contributed by atoms with Crippen LogP contribution in [-0.4, -0.2) is 28.1 Å². The number of ether oxygens (including phenoxy) is 1. The maximum Gasteiger partial charge on any atom is 0.277 e. The fourth-order valence-electron chi connectivity index (χ4n) is 3.60. The molecule has 0 saturated carbocycles. The molecule has 4 aromatic carbocycles. The third-order valence-electron chi connectivity index (χ3n) is 5.22. The van der Waals surface area contributed by atoms with Gasteiger partial charge in [0.25, 0.3) is 17.0 Å². The Morgan fingerprint density at radius 2 is 1.72 bits per heavy atom. The van der Waals surface area contributed by atoms with Crippen LogP contribution in [0.3, 0.4) is 0 Å². The number of nitrogens with one attached hydrogen (secondary N) is 1. The van der Waals surface area contributed by atoms with E-state index in [-0.39, 0.29) is 29.4 Å². The van der Waals surface area contributed by atoms with Crippen molar-refractivity contribution in [2.75, 3.05) is 5.75 Å². The zero-order valence-electron chi connectivity index (χ0n) is 18.7. The molecule has 7 nitrogen and oxygen atoms in total. The van der Waals surface area contributed by atoms with Crippen molar-refractivity contribution in [1.29, 1.82) is 0 Å². The first kappa shape index (κ1) is 24.1. The first-order chi connectivity index (χ1) is 17.6. The average molecular weight is 537 g/mol. The number of aromatic nitrogens is 2. The summed E-state index contributed by atoms with van der Waals surface area (Å²) in [6.07, 6.45) is 1.68. The smallest absolute Gasteiger partial charge is 0.277 e. The Hall–Kier alpha value is -3.59. The number of rotatable bonds is 8. The highest BCUT2D eigenvalue weighted by Gasteiger charge is 2.11. The number of carbonyl (C=O) groups is 1. The maximum atomic E-state index is 12.3. The topological polar surface area (TPSA) is 89.6 Å². The van der Waals surface area contributed by atoms with E-state index in [1.165, 1.54) is 0 Å². The van der Waals surface area contributed by atoms with Gasteiger partial charge in [0.1, 0.15) is 5.75 Å². The molecule has 0 bridgehead atoms. The Labute approximate surface area is 220 Å². The van der Waals surface area contributed by atoms with Gasteiger partial charge in [-0.1, -0.05) is 83.5 Å². The predicted octanol–water partition coefficient (Wildman–Crippen LogP) is 6.50. The van der Waals surface area contributed by atoms with Gasteiger partial charge in [-0.15, -0.1) is 10.2 Å². The van der Waals surface area contributed by atoms with E-state index in [4.69, 9.17) is 32.4 Å². The van der Waals surface area contributed by atoms with Crippen LogP contribution in [0.4, 0.5) is 0 Å². The highest BCUT2D eigenvalue weighted by molar-refractivity contribution is 7.99. The summed E-state index contributed by atoms with van der Waals surface area (Å²) in [5.74, 6) is 0.457. The molecule has 1 amide bonds. The van der Waals surface area contributed by atoms with E-state index in [0.717, 1.165) is 38.9 Å². The standard InChI is InChI=1S/C26H18Cl2N4O3S/c27-18-9-10-23(22(28)12-18)34-14-25-31-32-26(35-25)36-15-24(33)30-29-13-21-19-7-3-1-5-16(19)11-17-6-2-4-8-20(17)21/h1-13H,14-15H2,(H,30,33)/b29-13-. The van der Waals surface area contributed by atoms with E-state index in [2.05, 4.69) is 38.9 Å². The lowest BCUT2D eigenvalue weighted by molar-refractivity contribution is -0.118. The van der Waals surface area contributed by atoms with Crippen molar-refractivity contribution in [2.24, 2.45) is 5.10 Å². The molecule has 0 aliphatic carbocycles. The molecule has 0 unspecified atom stereocenters. The van der Waals surface area contributed by atoms with Crippen LogP contribution >= 0.6 is 35.0 Å². The van der Waals surface area contributed by atoms with Crippen molar-refractivity contribution in [3.8, 4) is 5.75 Å². The molecule has 0 fully saturated rings. The lowest BCUT2D eigenvalue weighted by Gasteiger charge is -2.07. The molecule has 1 aromatic heterocycles. The number of hydrogen-bond donors (Lipinski definition) is 1. The minimum absolute atomic E-state index is 0.0321. The molecule has 0 spiro atoms. The number of halogens is 2. The van der Waals surface area contributed by atoms with Gasteiger partial charge in [0, 0.05) is 10.6 Å². The quantitative estimate of drug-likeness (QED) is 0.105. The summed E-state index contributed by atoms with van der Waals surface area (Å²) < 4.78 is 11.1. The highest BCUT2D eigenvalue weighted by Crippen LogP contribution is 2.29. The normalized spacial score (nSPS) is 11.4. The second kappa shape index (κ2) is 11.0. The lowest BCUT2D eigenvalue weighted by atomic mass is 9.97. The van der Waals surface area contributed by atoms with Crippen LogP contribution in [0.1, 0.15) is 11.5 Å². The van der Waals surface area contributed by atoms with Gasteiger partial charge < -0.3 is 9.15 Å². The molecule has 0 saturated heterocycles. The molecule has 180 valence electrons. The van der Waals surface area contributed by atoms with Crippen molar-refractivity contribution >= 4 is 68.6 Å². The van der Waals surface area contributed by atoms with Gasteiger partial charge >= 0.3 is 0 Å². The van der Waals surface area contributed by atoms with Crippen LogP contribution in [0, 0.1) is 0 Å². The van der Waals surface area contributed by atoms with Gasteiger partial charge in [-0.3, -0.25) is 4.79 Å². The molecule has 5 aromatic rings. The van der Waals surface area contributed by atoms with E-state index < -0.39 is 0 Å². The fourth-order valence-corrected chi connectivity index (χ4v) is 4.64. The van der Waals surface area contributed by atoms with Gasteiger partial charge in [-0.25, -0.2) is 5.43 Å². The van der Waals surface area contributed by atoms with Gasteiger partial charge in [-0.05, 0) is 45.8 Å². The van der Waals surface area contributed by atoms with E-state index in [1.807, 2.05) is 36.4 Å². The summed E-state index contributed by atoms with van der Waals surface area (Å²) >= 11 is 13.1. The number of thioether (sulfide) groups is 1. The van der Waals surface area contributed by atoms with E-state index in [1.54, 1.807) is 24.4 Å². The van der Waals surface area contributed by atoms with Gasteiger partial charge in [0.2, 0.25) is 0 Å². The van der Waals surface area contributed by atoms with Gasteiger partial charge in [0.05, 0.1) is 17.0 Å². The first-order valence-corrected chi connectivity index (χ1v) is 12.6. The molecule has 1 heterocycles. The monoisotopic (exact) mass is 536 g/mol. The summed E-state index contributed by atoms with van der Waals surface area (Å²) in [7, 11) is 0. The summed E-state index contributed by atoms with van der Waals surface area (Å²) in [4.78, 5) is 12.3. The lowest BCUT2D eigenvalue weighted by Crippen LogP contribution is -2.19. The Bertz CT molecular complexity index is 1530. The average Bonchev–Trinajstić information content (AvgIpc) is 3.34. The minimum atomic E-state index is -0.301.